The molecule has 2 saturated heterocycles. The third-order valence-corrected chi connectivity index (χ3v) is 5.51. The van der Waals surface area contributed by atoms with Crippen molar-refractivity contribution in [3.63, 3.8) is 0 Å². The molecule has 3 aliphatic rings. The lowest BCUT2D eigenvalue weighted by Gasteiger charge is -2.25. The Morgan fingerprint density at radius 1 is 1.03 bits per heavy atom. The van der Waals surface area contributed by atoms with Crippen LogP contribution in [0.25, 0.3) is 0 Å². The first kappa shape index (κ1) is 21.7. The molecule has 5 rings (SSSR count). The van der Waals surface area contributed by atoms with E-state index in [1.165, 1.54) is 0 Å². The predicted molar refractivity (Wildman–Crippen MR) is 103 cm³/mol. The summed E-state index contributed by atoms with van der Waals surface area (Å²) >= 11 is 0. The Hall–Kier alpha value is -3.57. The number of likely N-dealkylation sites (tertiary alicyclic amines) is 1. The fraction of sp³-hybridized carbons (Fsp3) is 0.400. The van der Waals surface area contributed by atoms with Crippen LogP contribution in [0.2, 0.25) is 0 Å². The summed E-state index contributed by atoms with van der Waals surface area (Å²) in [6, 6.07) is 7.73. The number of rotatable bonds is 2. The average Bonchev–Trinajstić information content (AvgIpc) is 3.49. The first-order valence-corrected chi connectivity index (χ1v) is 9.80. The minimum atomic E-state index is -5.08. The van der Waals surface area contributed by atoms with Crippen molar-refractivity contribution in [2.75, 3.05) is 24.8 Å². The van der Waals surface area contributed by atoms with Gasteiger partial charge in [-0.2, -0.15) is 13.2 Å². The fourth-order valence-electron chi connectivity index (χ4n) is 4.12. The largest absolute Gasteiger partial charge is 0.490 e. The van der Waals surface area contributed by atoms with Crippen LogP contribution >= 0.6 is 0 Å². The first-order chi connectivity index (χ1) is 15.3. The van der Waals surface area contributed by atoms with Crippen LogP contribution in [-0.2, 0) is 4.79 Å². The summed E-state index contributed by atoms with van der Waals surface area (Å²) in [5.41, 5.74) is 0.652. The smallest absolute Gasteiger partial charge is 0.475 e. The molecule has 1 N–H and O–H groups in total. The number of amides is 1. The van der Waals surface area contributed by atoms with E-state index >= 15 is 0 Å². The molecule has 2 aromatic rings. The Morgan fingerprint density at radius 3 is 2.38 bits per heavy atom. The van der Waals surface area contributed by atoms with Gasteiger partial charge in [-0.15, -0.1) is 0 Å². The summed E-state index contributed by atoms with van der Waals surface area (Å²) in [4.78, 5) is 34.9. The Kier molecular flexibility index (Phi) is 5.76. The van der Waals surface area contributed by atoms with Crippen LogP contribution in [0.5, 0.6) is 11.5 Å². The van der Waals surface area contributed by atoms with E-state index in [2.05, 4.69) is 14.9 Å². The number of carboxylic acids is 1. The third kappa shape index (κ3) is 4.25. The summed E-state index contributed by atoms with van der Waals surface area (Å²) in [5, 5.41) is 7.12. The fourth-order valence-corrected chi connectivity index (χ4v) is 4.12. The molecule has 0 radical (unpaired) electrons. The van der Waals surface area contributed by atoms with E-state index in [1.807, 2.05) is 23.1 Å². The number of hydrogen-bond donors (Lipinski definition) is 1. The second kappa shape index (κ2) is 8.52. The van der Waals surface area contributed by atoms with E-state index in [0.29, 0.717) is 23.1 Å². The van der Waals surface area contributed by atoms with Crippen molar-refractivity contribution in [3.05, 3.63) is 42.2 Å². The Balaban J connectivity index is 0.000000307. The van der Waals surface area contributed by atoms with Gasteiger partial charge in [0.25, 0.3) is 5.91 Å². The Labute approximate surface area is 180 Å². The van der Waals surface area contributed by atoms with Crippen molar-refractivity contribution >= 4 is 17.8 Å². The molecule has 2 atom stereocenters. The van der Waals surface area contributed by atoms with Gasteiger partial charge in [0.2, 0.25) is 12.7 Å². The number of carbonyl (C=O) groups is 2. The quantitative estimate of drug-likeness (QED) is 0.741. The monoisotopic (exact) mass is 452 g/mol. The summed E-state index contributed by atoms with van der Waals surface area (Å²) in [5.74, 6) is -0.599. The van der Waals surface area contributed by atoms with E-state index in [4.69, 9.17) is 19.4 Å². The number of carboxylic acid groups (broad SMARTS) is 1. The molecule has 3 aliphatic heterocycles. The van der Waals surface area contributed by atoms with Crippen LogP contribution in [0.15, 0.2) is 36.7 Å². The van der Waals surface area contributed by atoms with Crippen LogP contribution in [0, 0.1) is 0 Å². The maximum Gasteiger partial charge on any atom is 0.490 e. The second-order valence-corrected chi connectivity index (χ2v) is 7.32. The molecule has 0 bridgehead atoms. The van der Waals surface area contributed by atoms with E-state index < -0.39 is 12.1 Å². The number of benzene rings is 1. The normalized spacial score (nSPS) is 21.1. The lowest BCUT2D eigenvalue weighted by molar-refractivity contribution is -0.192. The van der Waals surface area contributed by atoms with Gasteiger partial charge in [-0.05, 0) is 37.1 Å². The van der Waals surface area contributed by atoms with Gasteiger partial charge in [-0.25, -0.2) is 14.8 Å². The Bertz CT molecular complexity index is 1000. The predicted octanol–water partition coefficient (Wildman–Crippen LogP) is 2.33. The number of alkyl halides is 3. The number of anilines is 1. The van der Waals surface area contributed by atoms with Gasteiger partial charge in [-0.1, -0.05) is 0 Å². The minimum absolute atomic E-state index is 0.0571. The summed E-state index contributed by atoms with van der Waals surface area (Å²) in [7, 11) is 0. The highest BCUT2D eigenvalue weighted by Gasteiger charge is 2.45. The van der Waals surface area contributed by atoms with Crippen molar-refractivity contribution in [3.8, 4) is 11.5 Å². The number of halogens is 3. The number of nitrogens with zero attached hydrogens (tertiary/aromatic N) is 4. The molecule has 9 nitrogen and oxygen atoms in total. The zero-order valence-electron chi connectivity index (χ0n) is 16.7. The van der Waals surface area contributed by atoms with Crippen LogP contribution < -0.4 is 14.4 Å². The average molecular weight is 452 g/mol. The molecule has 0 unspecified atom stereocenters. The van der Waals surface area contributed by atoms with Crippen LogP contribution in [0.4, 0.5) is 19.1 Å². The lowest BCUT2D eigenvalue weighted by Crippen LogP contribution is -2.40. The molecule has 170 valence electrons. The van der Waals surface area contributed by atoms with Gasteiger partial charge in [0.05, 0.1) is 12.1 Å². The van der Waals surface area contributed by atoms with Gasteiger partial charge in [0.15, 0.2) is 11.5 Å². The van der Waals surface area contributed by atoms with Crippen molar-refractivity contribution < 1.29 is 37.3 Å². The summed E-state index contributed by atoms with van der Waals surface area (Å²) in [6.07, 6.45) is 0.332. The molecule has 4 heterocycles. The first-order valence-electron chi connectivity index (χ1n) is 9.80. The number of fused-ring (bicyclic) bond motifs is 2. The summed E-state index contributed by atoms with van der Waals surface area (Å²) < 4.78 is 42.5. The second-order valence-electron chi connectivity index (χ2n) is 7.32. The lowest BCUT2D eigenvalue weighted by atomic mass is 10.1. The molecule has 0 spiro atoms. The van der Waals surface area contributed by atoms with Crippen LogP contribution in [0.3, 0.4) is 0 Å². The van der Waals surface area contributed by atoms with Crippen molar-refractivity contribution in [2.45, 2.75) is 31.1 Å². The standard InChI is InChI=1S/C18H18N4O3.C2HF3O2/c23-17(12-2-3-15-16(10-12)25-11-24-15)21-8-4-14-13(21)5-9-22(14)18-19-6-1-7-20-18;3-2(4,5)1(6)7/h1-3,6-7,10,13-14H,4-5,8-9,11H2;(H,6,7)/t13-,14+;/m1./s1. The number of ether oxygens (including phenoxy) is 2. The van der Waals surface area contributed by atoms with Crippen LogP contribution in [0.1, 0.15) is 23.2 Å². The van der Waals surface area contributed by atoms with Crippen molar-refractivity contribution in [1.82, 2.24) is 14.9 Å². The number of aliphatic carboxylic acids is 1. The molecule has 32 heavy (non-hydrogen) atoms. The molecule has 2 fully saturated rings. The van der Waals surface area contributed by atoms with E-state index in [1.54, 1.807) is 18.5 Å². The molecule has 0 saturated carbocycles. The van der Waals surface area contributed by atoms with Gasteiger partial charge in [-0.3, -0.25) is 4.79 Å². The van der Waals surface area contributed by atoms with E-state index in [9.17, 15) is 18.0 Å². The highest BCUT2D eigenvalue weighted by atomic mass is 19.4. The molecule has 1 aromatic carbocycles. The van der Waals surface area contributed by atoms with Crippen molar-refractivity contribution in [1.29, 1.82) is 0 Å². The topological polar surface area (TPSA) is 105 Å². The maximum absolute atomic E-state index is 13.0. The number of hydrogen-bond acceptors (Lipinski definition) is 7. The van der Waals surface area contributed by atoms with Crippen LogP contribution in [-0.4, -0.2) is 70.0 Å². The molecule has 12 heteroatoms. The highest BCUT2D eigenvalue weighted by Crippen LogP contribution is 2.36. The van der Waals surface area contributed by atoms with E-state index in [-0.39, 0.29) is 18.7 Å². The zero-order chi connectivity index (χ0) is 22.9. The van der Waals surface area contributed by atoms with Gasteiger partial charge < -0.3 is 24.4 Å². The number of carbonyl (C=O) groups excluding carboxylic acids is 1. The highest BCUT2D eigenvalue weighted by molar-refractivity contribution is 5.95. The number of aromatic nitrogens is 2. The minimum Gasteiger partial charge on any atom is -0.475 e. The molecular weight excluding hydrogens is 433 g/mol. The van der Waals surface area contributed by atoms with Gasteiger partial charge in [0.1, 0.15) is 0 Å². The molecular formula is C20H19F3N4O5. The molecule has 0 aliphatic carbocycles. The zero-order valence-corrected chi connectivity index (χ0v) is 16.7. The van der Waals surface area contributed by atoms with Crippen molar-refractivity contribution in [2.24, 2.45) is 0 Å². The molecule has 1 aromatic heterocycles. The Morgan fingerprint density at radius 2 is 1.69 bits per heavy atom. The van der Waals surface area contributed by atoms with E-state index in [0.717, 1.165) is 31.9 Å². The third-order valence-electron chi connectivity index (χ3n) is 5.51. The maximum atomic E-state index is 13.0. The summed E-state index contributed by atoms with van der Waals surface area (Å²) in [6.45, 7) is 1.85. The van der Waals surface area contributed by atoms with Gasteiger partial charge in [0, 0.05) is 31.0 Å². The SMILES string of the molecule is O=C(O)C(F)(F)F.O=C(c1ccc2c(c1)OCO2)N1CC[C@H]2[C@H]1CCN2c1ncccn1. The molecule has 1 amide bonds. The van der Waals surface area contributed by atoms with Gasteiger partial charge >= 0.3 is 12.1 Å².